The van der Waals surface area contributed by atoms with Crippen LogP contribution in [0.3, 0.4) is 0 Å². The van der Waals surface area contributed by atoms with Crippen LogP contribution in [-0.4, -0.2) is 13.1 Å². The van der Waals surface area contributed by atoms with Crippen molar-refractivity contribution in [2.24, 2.45) is 0 Å². The zero-order valence-corrected chi connectivity index (χ0v) is 9.68. The average Bonchev–Trinajstić information content (AvgIpc) is 2.02. The summed E-state index contributed by atoms with van der Waals surface area (Å²) in [4.78, 5) is 4.23. The summed E-state index contributed by atoms with van der Waals surface area (Å²) in [6.07, 6.45) is 1.86. The Morgan fingerprint density at radius 3 is 2.38 bits per heavy atom. The van der Waals surface area contributed by atoms with E-state index in [1.54, 1.807) is 0 Å². The number of nitrogens with zero attached hydrogens (tertiary/aromatic N) is 1. The monoisotopic (exact) mass is 189 g/mol. The van der Waals surface area contributed by atoms with Crippen LogP contribution in [-0.2, 0) is 0 Å². The van der Waals surface area contributed by atoms with E-state index < -0.39 is 8.07 Å². The van der Waals surface area contributed by atoms with Crippen LogP contribution < -0.4 is 0 Å². The molecule has 0 aliphatic rings. The normalized spacial score (nSPS) is 10.5. The molecule has 13 heavy (non-hydrogen) atoms. The highest BCUT2D eigenvalue weighted by atomic mass is 28.3. The third-order valence-electron chi connectivity index (χ3n) is 1.48. The Balaban J connectivity index is 2.85. The molecule has 1 rings (SSSR count). The first-order chi connectivity index (χ1) is 5.97. The lowest BCUT2D eigenvalue weighted by Crippen LogP contribution is -2.16. The molecule has 0 radical (unpaired) electrons. The molecule has 0 aliphatic heterocycles. The molecule has 1 aromatic heterocycles. The maximum atomic E-state index is 4.23. The predicted octanol–water partition coefficient (Wildman–Crippen LogP) is 2.62. The maximum absolute atomic E-state index is 4.23. The van der Waals surface area contributed by atoms with Crippen molar-refractivity contribution in [1.82, 2.24) is 4.98 Å². The summed E-state index contributed by atoms with van der Waals surface area (Å²) in [5.41, 5.74) is 5.35. The number of aryl methyl sites for hydroxylation is 1. The summed E-state index contributed by atoms with van der Waals surface area (Å²) in [5.74, 6) is 3.11. The van der Waals surface area contributed by atoms with Crippen LogP contribution in [0.5, 0.6) is 0 Å². The van der Waals surface area contributed by atoms with E-state index in [1.807, 2.05) is 25.3 Å². The van der Waals surface area contributed by atoms with E-state index in [0.717, 1.165) is 5.69 Å². The van der Waals surface area contributed by atoms with Gasteiger partial charge in [0, 0.05) is 6.20 Å². The number of pyridine rings is 1. The molecule has 0 saturated heterocycles. The molecular weight excluding hydrogens is 174 g/mol. The number of hydrogen-bond acceptors (Lipinski definition) is 1. The van der Waals surface area contributed by atoms with Gasteiger partial charge in [-0.2, -0.15) is 0 Å². The van der Waals surface area contributed by atoms with E-state index in [9.17, 15) is 0 Å². The van der Waals surface area contributed by atoms with Gasteiger partial charge in [0.05, 0.1) is 0 Å². The van der Waals surface area contributed by atoms with Crippen molar-refractivity contribution in [2.75, 3.05) is 0 Å². The Labute approximate surface area is 81.2 Å². The molecule has 0 aromatic carbocycles. The molecule has 0 amide bonds. The van der Waals surface area contributed by atoms with E-state index in [4.69, 9.17) is 0 Å². The number of aromatic nitrogens is 1. The Kier molecular flexibility index (Phi) is 2.89. The van der Waals surface area contributed by atoms with Crippen molar-refractivity contribution in [3.63, 3.8) is 0 Å². The second kappa shape index (κ2) is 3.76. The molecule has 0 unspecified atom stereocenters. The van der Waals surface area contributed by atoms with Gasteiger partial charge in [-0.3, -0.25) is 0 Å². The summed E-state index contributed by atoms with van der Waals surface area (Å²) in [6.45, 7) is 8.72. The van der Waals surface area contributed by atoms with Crippen LogP contribution in [0.25, 0.3) is 0 Å². The molecule has 1 heterocycles. The lowest BCUT2D eigenvalue weighted by molar-refractivity contribution is 1.24. The van der Waals surface area contributed by atoms with E-state index in [2.05, 4.69) is 36.1 Å². The van der Waals surface area contributed by atoms with Crippen molar-refractivity contribution in [3.8, 4) is 11.5 Å². The molecule has 0 N–H and O–H groups in total. The van der Waals surface area contributed by atoms with Crippen molar-refractivity contribution in [3.05, 3.63) is 29.6 Å². The van der Waals surface area contributed by atoms with Crippen LogP contribution in [0.4, 0.5) is 0 Å². The number of rotatable bonds is 0. The minimum atomic E-state index is -1.25. The fourth-order valence-electron chi connectivity index (χ4n) is 0.793. The van der Waals surface area contributed by atoms with Gasteiger partial charge >= 0.3 is 0 Å². The lowest BCUT2D eigenvalue weighted by Gasteiger charge is -2.02. The quantitative estimate of drug-likeness (QED) is 0.451. The van der Waals surface area contributed by atoms with Gasteiger partial charge in [0.2, 0.25) is 0 Å². The predicted molar refractivity (Wildman–Crippen MR) is 59.2 cm³/mol. The Hall–Kier alpha value is -1.07. The highest BCUT2D eigenvalue weighted by Gasteiger charge is 2.07. The summed E-state index contributed by atoms with van der Waals surface area (Å²) in [6, 6.07) is 4.02. The van der Waals surface area contributed by atoms with Gasteiger partial charge in [-0.25, -0.2) is 4.98 Å². The lowest BCUT2D eigenvalue weighted by atomic mass is 10.3. The van der Waals surface area contributed by atoms with Gasteiger partial charge in [-0.05, 0) is 18.6 Å². The second-order valence-corrected chi connectivity index (χ2v) is 8.97. The van der Waals surface area contributed by atoms with Gasteiger partial charge in [-0.15, -0.1) is 5.54 Å². The van der Waals surface area contributed by atoms with Gasteiger partial charge in [0.15, 0.2) is 0 Å². The van der Waals surface area contributed by atoms with Crippen molar-refractivity contribution >= 4 is 8.07 Å². The molecule has 0 spiro atoms. The second-order valence-electron chi connectivity index (χ2n) is 4.22. The zero-order chi connectivity index (χ0) is 9.90. The minimum absolute atomic E-state index is 0.882. The molecule has 0 saturated carbocycles. The van der Waals surface area contributed by atoms with Crippen LogP contribution in [0.1, 0.15) is 11.3 Å². The van der Waals surface area contributed by atoms with E-state index in [-0.39, 0.29) is 0 Å². The first-order valence-electron chi connectivity index (χ1n) is 4.43. The third kappa shape index (κ3) is 3.91. The maximum Gasteiger partial charge on any atom is 0.129 e. The molecule has 68 valence electrons. The Morgan fingerprint density at radius 2 is 1.92 bits per heavy atom. The molecular formula is C11H15NSi. The largest absolute Gasteiger partial charge is 0.248 e. The Bertz CT molecular complexity index is 335. The van der Waals surface area contributed by atoms with Crippen LogP contribution in [0, 0.1) is 18.4 Å². The third-order valence-corrected chi connectivity index (χ3v) is 2.35. The minimum Gasteiger partial charge on any atom is -0.248 e. The smallest absolute Gasteiger partial charge is 0.129 e. The van der Waals surface area contributed by atoms with Gasteiger partial charge in [-0.1, -0.05) is 31.6 Å². The van der Waals surface area contributed by atoms with E-state index in [1.165, 1.54) is 5.56 Å². The van der Waals surface area contributed by atoms with Crippen LogP contribution in [0.2, 0.25) is 19.6 Å². The highest BCUT2D eigenvalue weighted by molar-refractivity contribution is 6.83. The molecule has 1 aromatic rings. The first-order valence-corrected chi connectivity index (χ1v) is 7.93. The molecule has 2 heteroatoms. The topological polar surface area (TPSA) is 12.9 Å². The van der Waals surface area contributed by atoms with Gasteiger partial charge < -0.3 is 0 Å². The van der Waals surface area contributed by atoms with Crippen molar-refractivity contribution in [1.29, 1.82) is 0 Å². The van der Waals surface area contributed by atoms with E-state index in [0.29, 0.717) is 0 Å². The Morgan fingerprint density at radius 1 is 1.23 bits per heavy atom. The number of hydrogen-bond donors (Lipinski definition) is 0. The molecule has 0 aliphatic carbocycles. The van der Waals surface area contributed by atoms with Crippen molar-refractivity contribution < 1.29 is 0 Å². The summed E-state index contributed by atoms with van der Waals surface area (Å²) in [7, 11) is -1.25. The first kappa shape index (κ1) is 10.0. The van der Waals surface area contributed by atoms with Crippen molar-refractivity contribution in [2.45, 2.75) is 26.6 Å². The molecule has 0 fully saturated rings. The molecule has 0 atom stereocenters. The standard InChI is InChI=1S/C11H15NSi/c1-10-5-6-11(12-9-10)7-8-13(2,3)4/h5-6,9H,1-4H3. The fraction of sp³-hybridized carbons (Fsp3) is 0.364. The van der Waals surface area contributed by atoms with Crippen LogP contribution >= 0.6 is 0 Å². The molecule has 1 nitrogen and oxygen atoms in total. The fourth-order valence-corrected chi connectivity index (χ4v) is 1.30. The van der Waals surface area contributed by atoms with E-state index >= 15 is 0 Å². The van der Waals surface area contributed by atoms with Gasteiger partial charge in [0.25, 0.3) is 0 Å². The average molecular weight is 189 g/mol. The summed E-state index contributed by atoms with van der Waals surface area (Å²) >= 11 is 0. The van der Waals surface area contributed by atoms with Crippen LogP contribution in [0.15, 0.2) is 18.3 Å². The summed E-state index contributed by atoms with van der Waals surface area (Å²) < 4.78 is 0. The SMILES string of the molecule is Cc1ccc(C#C[Si](C)(C)C)nc1. The zero-order valence-electron chi connectivity index (χ0n) is 8.68. The molecule has 0 bridgehead atoms. The van der Waals surface area contributed by atoms with Gasteiger partial charge in [0.1, 0.15) is 13.8 Å². The highest BCUT2D eigenvalue weighted by Crippen LogP contribution is 2.00. The summed E-state index contributed by atoms with van der Waals surface area (Å²) in [5, 5.41) is 0.